The molecular weight excluding hydrogens is 206 g/mol. The number of anilines is 1. The van der Waals surface area contributed by atoms with Gasteiger partial charge in [-0.3, -0.25) is 0 Å². The fourth-order valence-corrected chi connectivity index (χ4v) is 1.42. The molecule has 1 aromatic rings. The first-order valence-corrected chi connectivity index (χ1v) is 5.60. The number of rotatable bonds is 6. The molecule has 0 radical (unpaired) electrons. The Bertz CT molecular complexity index is 353. The highest BCUT2D eigenvalue weighted by Gasteiger charge is 2.23. The number of ether oxygens (including phenoxy) is 2. The lowest BCUT2D eigenvalue weighted by Gasteiger charge is -2.12. The van der Waals surface area contributed by atoms with Crippen LogP contribution in [0.25, 0.3) is 0 Å². The molecule has 1 aliphatic rings. The molecule has 0 spiro atoms. The number of nitrogens with one attached hydrogen (secondary N) is 1. The van der Waals surface area contributed by atoms with Crippen LogP contribution in [0.2, 0.25) is 0 Å². The van der Waals surface area contributed by atoms with Gasteiger partial charge in [-0.25, -0.2) is 4.98 Å². The molecule has 2 rings (SSSR count). The van der Waals surface area contributed by atoms with Crippen molar-refractivity contribution in [1.29, 1.82) is 0 Å². The summed E-state index contributed by atoms with van der Waals surface area (Å²) in [6, 6.07) is 0. The molecule has 0 atom stereocenters. The zero-order chi connectivity index (χ0) is 11.4. The van der Waals surface area contributed by atoms with Gasteiger partial charge in [-0.2, -0.15) is 4.98 Å². The highest BCUT2D eigenvalue weighted by molar-refractivity contribution is 5.54. The molecule has 1 heterocycles. The van der Waals surface area contributed by atoms with Crippen LogP contribution in [0.1, 0.15) is 19.8 Å². The van der Waals surface area contributed by atoms with E-state index in [9.17, 15) is 0 Å². The second-order valence-corrected chi connectivity index (χ2v) is 3.85. The molecule has 5 heteroatoms. The van der Waals surface area contributed by atoms with Crippen molar-refractivity contribution >= 4 is 5.82 Å². The van der Waals surface area contributed by atoms with Gasteiger partial charge < -0.3 is 14.8 Å². The average molecular weight is 223 g/mol. The van der Waals surface area contributed by atoms with E-state index in [1.54, 1.807) is 7.11 Å². The van der Waals surface area contributed by atoms with E-state index in [4.69, 9.17) is 9.47 Å². The van der Waals surface area contributed by atoms with Crippen molar-refractivity contribution in [2.45, 2.75) is 19.8 Å². The van der Waals surface area contributed by atoms with Crippen LogP contribution in [0, 0.1) is 5.92 Å². The molecule has 1 fully saturated rings. The van der Waals surface area contributed by atoms with Crippen LogP contribution in [0.3, 0.4) is 0 Å². The normalized spacial score (nSPS) is 14.6. The largest absolute Gasteiger partial charge is 0.489 e. The third kappa shape index (κ3) is 2.53. The fraction of sp³-hybridized carbons (Fsp3) is 0.636. The van der Waals surface area contributed by atoms with Crippen molar-refractivity contribution < 1.29 is 9.47 Å². The minimum absolute atomic E-state index is 0.528. The second-order valence-electron chi connectivity index (χ2n) is 3.85. The molecule has 0 saturated heterocycles. The molecule has 1 aliphatic carbocycles. The van der Waals surface area contributed by atoms with Gasteiger partial charge in [0, 0.05) is 6.54 Å². The Morgan fingerprint density at radius 2 is 2.25 bits per heavy atom. The Hall–Kier alpha value is -1.52. The molecule has 88 valence electrons. The first-order chi connectivity index (χ1) is 7.85. The van der Waals surface area contributed by atoms with E-state index in [1.807, 2.05) is 6.92 Å². The third-order valence-corrected chi connectivity index (χ3v) is 2.47. The first kappa shape index (κ1) is 11.0. The van der Waals surface area contributed by atoms with E-state index < -0.39 is 0 Å². The van der Waals surface area contributed by atoms with E-state index in [1.165, 1.54) is 19.2 Å². The molecule has 0 unspecified atom stereocenters. The van der Waals surface area contributed by atoms with Gasteiger partial charge in [0.2, 0.25) is 5.75 Å². The van der Waals surface area contributed by atoms with Gasteiger partial charge in [-0.05, 0) is 25.7 Å². The standard InChI is InChI=1S/C11H17N3O2/c1-3-12-10-9(15-2)11(14-7-13-10)16-6-8-4-5-8/h7-8H,3-6H2,1-2H3,(H,12,13,14). The maximum absolute atomic E-state index is 5.62. The van der Waals surface area contributed by atoms with Crippen LogP contribution < -0.4 is 14.8 Å². The summed E-state index contributed by atoms with van der Waals surface area (Å²) < 4.78 is 10.9. The van der Waals surface area contributed by atoms with Crippen LogP contribution in [0.4, 0.5) is 5.82 Å². The van der Waals surface area contributed by atoms with Crippen molar-refractivity contribution in [3.8, 4) is 11.6 Å². The minimum atomic E-state index is 0.528. The van der Waals surface area contributed by atoms with E-state index in [0.29, 0.717) is 23.4 Å². The van der Waals surface area contributed by atoms with E-state index in [-0.39, 0.29) is 0 Å². The molecule has 1 N–H and O–H groups in total. The van der Waals surface area contributed by atoms with Gasteiger partial charge >= 0.3 is 0 Å². The van der Waals surface area contributed by atoms with Crippen molar-refractivity contribution in [3.05, 3.63) is 6.33 Å². The van der Waals surface area contributed by atoms with Gasteiger partial charge in [0.05, 0.1) is 13.7 Å². The Kier molecular flexibility index (Phi) is 3.44. The summed E-state index contributed by atoms with van der Waals surface area (Å²) >= 11 is 0. The predicted molar refractivity (Wildman–Crippen MR) is 61.0 cm³/mol. The topological polar surface area (TPSA) is 56.3 Å². The molecule has 0 amide bonds. The smallest absolute Gasteiger partial charge is 0.262 e. The zero-order valence-corrected chi connectivity index (χ0v) is 9.69. The molecule has 5 nitrogen and oxygen atoms in total. The molecular formula is C11H17N3O2. The van der Waals surface area contributed by atoms with Gasteiger partial charge in [0.25, 0.3) is 5.88 Å². The average Bonchev–Trinajstić information content (AvgIpc) is 3.11. The Morgan fingerprint density at radius 3 is 2.88 bits per heavy atom. The van der Waals surface area contributed by atoms with Crippen molar-refractivity contribution in [3.63, 3.8) is 0 Å². The van der Waals surface area contributed by atoms with Crippen LogP contribution in [0.5, 0.6) is 11.6 Å². The number of methoxy groups -OCH3 is 1. The van der Waals surface area contributed by atoms with Crippen LogP contribution in [0.15, 0.2) is 6.33 Å². The van der Waals surface area contributed by atoms with Gasteiger partial charge in [-0.1, -0.05) is 0 Å². The second kappa shape index (κ2) is 5.01. The number of nitrogens with zero attached hydrogens (tertiary/aromatic N) is 2. The third-order valence-electron chi connectivity index (χ3n) is 2.47. The molecule has 1 saturated carbocycles. The molecule has 0 aromatic carbocycles. The van der Waals surface area contributed by atoms with E-state index in [2.05, 4.69) is 15.3 Å². The van der Waals surface area contributed by atoms with Crippen LogP contribution >= 0.6 is 0 Å². The Morgan fingerprint density at radius 1 is 1.44 bits per heavy atom. The lowest BCUT2D eigenvalue weighted by Crippen LogP contribution is -2.07. The SMILES string of the molecule is CCNc1ncnc(OCC2CC2)c1OC. The van der Waals surface area contributed by atoms with Crippen molar-refractivity contribution in [2.75, 3.05) is 25.6 Å². The molecule has 1 aromatic heterocycles. The summed E-state index contributed by atoms with van der Waals surface area (Å²) in [6.45, 7) is 3.51. The van der Waals surface area contributed by atoms with Gasteiger partial charge in [-0.15, -0.1) is 0 Å². The fourth-order valence-electron chi connectivity index (χ4n) is 1.42. The quantitative estimate of drug-likeness (QED) is 0.795. The van der Waals surface area contributed by atoms with Gasteiger partial charge in [0.15, 0.2) is 5.82 Å². The maximum Gasteiger partial charge on any atom is 0.262 e. The summed E-state index contributed by atoms with van der Waals surface area (Å²) in [5, 5.41) is 3.11. The minimum Gasteiger partial charge on any atom is -0.489 e. The lowest BCUT2D eigenvalue weighted by molar-refractivity contribution is 0.268. The number of hydrogen-bond acceptors (Lipinski definition) is 5. The predicted octanol–water partition coefficient (Wildman–Crippen LogP) is 1.71. The summed E-state index contributed by atoms with van der Waals surface area (Å²) in [5.41, 5.74) is 0. The lowest BCUT2D eigenvalue weighted by atomic mass is 10.4. The van der Waals surface area contributed by atoms with Crippen molar-refractivity contribution in [1.82, 2.24) is 9.97 Å². The highest BCUT2D eigenvalue weighted by Crippen LogP contribution is 2.34. The summed E-state index contributed by atoms with van der Waals surface area (Å²) in [5.74, 6) is 2.50. The van der Waals surface area contributed by atoms with E-state index in [0.717, 1.165) is 13.2 Å². The number of aromatic nitrogens is 2. The maximum atomic E-state index is 5.62. The monoisotopic (exact) mass is 223 g/mol. The van der Waals surface area contributed by atoms with Crippen LogP contribution in [-0.2, 0) is 0 Å². The zero-order valence-electron chi connectivity index (χ0n) is 9.69. The summed E-state index contributed by atoms with van der Waals surface area (Å²) in [7, 11) is 1.60. The summed E-state index contributed by atoms with van der Waals surface area (Å²) in [6.07, 6.45) is 4.00. The van der Waals surface area contributed by atoms with Crippen LogP contribution in [-0.4, -0.2) is 30.2 Å². The first-order valence-electron chi connectivity index (χ1n) is 5.60. The number of hydrogen-bond donors (Lipinski definition) is 1. The highest BCUT2D eigenvalue weighted by atomic mass is 16.5. The van der Waals surface area contributed by atoms with E-state index >= 15 is 0 Å². The van der Waals surface area contributed by atoms with Gasteiger partial charge in [0.1, 0.15) is 6.33 Å². The van der Waals surface area contributed by atoms with Crippen molar-refractivity contribution in [2.24, 2.45) is 5.92 Å². The Labute approximate surface area is 95.2 Å². The summed E-state index contributed by atoms with van der Waals surface area (Å²) in [4.78, 5) is 8.21. The Balaban J connectivity index is 2.10. The molecule has 0 bridgehead atoms. The molecule has 0 aliphatic heterocycles. The molecule has 16 heavy (non-hydrogen) atoms.